The second-order valence-electron chi connectivity index (χ2n) is 3.93. The Bertz CT molecular complexity index is 729. The van der Waals surface area contributed by atoms with Gasteiger partial charge >= 0.3 is 6.01 Å². The van der Waals surface area contributed by atoms with Crippen molar-refractivity contribution in [1.82, 2.24) is 9.97 Å². The average Bonchev–Trinajstić information content (AvgIpc) is 2.89. The van der Waals surface area contributed by atoms with Crippen LogP contribution in [0, 0.1) is 5.82 Å². The Hall–Kier alpha value is -2.21. The molecule has 3 rings (SSSR count). The Morgan fingerprint density at radius 2 is 2.21 bits per heavy atom. The summed E-state index contributed by atoms with van der Waals surface area (Å²) < 4.78 is 19.5. The molecule has 6 heteroatoms. The highest BCUT2D eigenvalue weighted by molar-refractivity contribution is 7.17. The van der Waals surface area contributed by atoms with Crippen molar-refractivity contribution in [1.29, 1.82) is 0 Å². The molecule has 19 heavy (non-hydrogen) atoms. The molecule has 2 aromatic heterocycles. The van der Waals surface area contributed by atoms with Crippen LogP contribution in [0.5, 0.6) is 6.01 Å². The van der Waals surface area contributed by atoms with Gasteiger partial charge in [0.25, 0.3) is 0 Å². The zero-order chi connectivity index (χ0) is 13.2. The van der Waals surface area contributed by atoms with Crippen LogP contribution in [-0.4, -0.2) is 9.97 Å². The predicted octanol–water partition coefficient (Wildman–Crippen LogP) is 2.99. The van der Waals surface area contributed by atoms with Crippen LogP contribution in [0.1, 0.15) is 5.56 Å². The quantitative estimate of drug-likeness (QED) is 0.798. The van der Waals surface area contributed by atoms with Crippen molar-refractivity contribution in [2.45, 2.75) is 6.61 Å². The fraction of sp³-hybridized carbons (Fsp3) is 0.0769. The Kier molecular flexibility index (Phi) is 3.00. The van der Waals surface area contributed by atoms with Crippen LogP contribution in [0.2, 0.25) is 0 Å². The number of anilines is 1. The van der Waals surface area contributed by atoms with Crippen molar-refractivity contribution in [3.05, 3.63) is 47.2 Å². The van der Waals surface area contributed by atoms with Crippen LogP contribution >= 0.6 is 11.3 Å². The van der Waals surface area contributed by atoms with Crippen molar-refractivity contribution in [2.75, 3.05) is 5.73 Å². The highest BCUT2D eigenvalue weighted by Crippen LogP contribution is 2.25. The summed E-state index contributed by atoms with van der Waals surface area (Å²) >= 11 is 1.65. The molecule has 0 aliphatic heterocycles. The summed E-state index contributed by atoms with van der Waals surface area (Å²) in [5, 5.41) is 3.20. The molecule has 0 unspecified atom stereocenters. The molecule has 0 amide bonds. The number of ether oxygens (including phenoxy) is 1. The minimum absolute atomic E-state index is 0.0764. The number of rotatable bonds is 3. The molecule has 4 nitrogen and oxygen atoms in total. The summed E-state index contributed by atoms with van der Waals surface area (Å²) in [6.45, 7) is 0.322. The number of hydrogen-bond acceptors (Lipinski definition) is 5. The number of nitrogens with zero attached hydrogens (tertiary/aromatic N) is 2. The molecule has 0 aliphatic carbocycles. The van der Waals surface area contributed by atoms with E-state index in [0.717, 1.165) is 16.5 Å². The number of aromatic nitrogens is 2. The maximum Gasteiger partial charge on any atom is 0.318 e. The molecule has 96 valence electrons. The number of nitrogen functional groups attached to an aromatic ring is 1. The number of benzene rings is 1. The van der Waals surface area contributed by atoms with Crippen LogP contribution in [0.25, 0.3) is 10.1 Å². The minimum atomic E-state index is -0.646. The van der Waals surface area contributed by atoms with E-state index >= 15 is 0 Å². The van der Waals surface area contributed by atoms with Crippen molar-refractivity contribution < 1.29 is 9.13 Å². The second kappa shape index (κ2) is 4.81. The number of hydrogen-bond donors (Lipinski definition) is 1. The maximum atomic E-state index is 12.9. The Morgan fingerprint density at radius 3 is 3.05 bits per heavy atom. The standard InChI is InChI=1S/C13H10FN3OS/c14-10-6-16-13(17-12(10)15)18-7-9-3-1-2-8-4-5-19-11(8)9/h1-6H,7H2,(H2,15,16,17). The highest BCUT2D eigenvalue weighted by atomic mass is 32.1. The third kappa shape index (κ3) is 2.34. The molecule has 2 heterocycles. The molecule has 0 atom stereocenters. The van der Waals surface area contributed by atoms with Gasteiger partial charge in [-0.3, -0.25) is 0 Å². The lowest BCUT2D eigenvalue weighted by Gasteiger charge is -2.06. The van der Waals surface area contributed by atoms with E-state index in [0.29, 0.717) is 6.61 Å². The molecule has 0 bridgehead atoms. The fourth-order valence-electron chi connectivity index (χ4n) is 1.74. The van der Waals surface area contributed by atoms with E-state index in [2.05, 4.69) is 16.0 Å². The normalized spacial score (nSPS) is 10.8. The molecule has 3 aromatic rings. The molecular weight excluding hydrogens is 265 g/mol. The molecule has 0 aliphatic rings. The van der Waals surface area contributed by atoms with Crippen molar-refractivity contribution in [2.24, 2.45) is 0 Å². The van der Waals surface area contributed by atoms with Gasteiger partial charge in [0.2, 0.25) is 0 Å². The highest BCUT2D eigenvalue weighted by Gasteiger charge is 2.06. The minimum Gasteiger partial charge on any atom is -0.458 e. The van der Waals surface area contributed by atoms with Crippen LogP contribution in [0.3, 0.4) is 0 Å². The fourth-order valence-corrected chi connectivity index (χ4v) is 2.65. The monoisotopic (exact) mass is 275 g/mol. The number of halogens is 1. The van der Waals surface area contributed by atoms with E-state index in [1.807, 2.05) is 23.6 Å². The molecule has 0 fully saturated rings. The third-order valence-corrected chi connectivity index (χ3v) is 3.67. The molecular formula is C13H10FN3OS. The first-order valence-electron chi connectivity index (χ1n) is 5.60. The van der Waals surface area contributed by atoms with Crippen molar-refractivity contribution >= 4 is 27.2 Å². The van der Waals surface area contributed by atoms with Crippen LogP contribution in [-0.2, 0) is 6.61 Å². The second-order valence-corrected chi connectivity index (χ2v) is 4.85. The summed E-state index contributed by atoms with van der Waals surface area (Å²) in [6, 6.07) is 8.11. The van der Waals surface area contributed by atoms with Gasteiger partial charge in [-0.15, -0.1) is 11.3 Å². The molecule has 0 saturated carbocycles. The van der Waals surface area contributed by atoms with Gasteiger partial charge in [0.05, 0.1) is 6.20 Å². The zero-order valence-corrected chi connectivity index (χ0v) is 10.7. The summed E-state index contributed by atoms with van der Waals surface area (Å²) in [4.78, 5) is 7.47. The molecule has 2 N–H and O–H groups in total. The number of fused-ring (bicyclic) bond motifs is 1. The first kappa shape index (κ1) is 11.9. The Balaban J connectivity index is 1.82. The topological polar surface area (TPSA) is 61.0 Å². The average molecular weight is 275 g/mol. The molecule has 1 aromatic carbocycles. The number of thiophene rings is 1. The lowest BCUT2D eigenvalue weighted by atomic mass is 10.2. The lowest BCUT2D eigenvalue weighted by Crippen LogP contribution is -2.03. The van der Waals surface area contributed by atoms with Gasteiger partial charge in [-0.1, -0.05) is 18.2 Å². The van der Waals surface area contributed by atoms with Crippen LogP contribution in [0.4, 0.5) is 10.2 Å². The Morgan fingerprint density at radius 1 is 1.32 bits per heavy atom. The van der Waals surface area contributed by atoms with Crippen molar-refractivity contribution in [3.8, 4) is 6.01 Å². The summed E-state index contributed by atoms with van der Waals surface area (Å²) in [5.74, 6) is -0.855. The van der Waals surface area contributed by atoms with Gasteiger partial charge in [0.1, 0.15) is 6.61 Å². The van der Waals surface area contributed by atoms with Gasteiger partial charge in [0, 0.05) is 10.3 Å². The zero-order valence-electron chi connectivity index (χ0n) is 9.84. The molecule has 0 spiro atoms. The van der Waals surface area contributed by atoms with Gasteiger partial charge in [0.15, 0.2) is 11.6 Å². The first-order valence-corrected chi connectivity index (χ1v) is 6.48. The third-order valence-electron chi connectivity index (χ3n) is 2.67. The van der Waals surface area contributed by atoms with Gasteiger partial charge < -0.3 is 10.5 Å². The SMILES string of the molecule is Nc1nc(OCc2cccc3ccsc23)ncc1F. The van der Waals surface area contributed by atoms with E-state index in [9.17, 15) is 4.39 Å². The van der Waals surface area contributed by atoms with Crippen LogP contribution < -0.4 is 10.5 Å². The van der Waals surface area contributed by atoms with E-state index < -0.39 is 5.82 Å². The smallest absolute Gasteiger partial charge is 0.318 e. The van der Waals surface area contributed by atoms with E-state index in [-0.39, 0.29) is 11.8 Å². The van der Waals surface area contributed by atoms with E-state index in [4.69, 9.17) is 10.5 Å². The summed E-state index contributed by atoms with van der Waals surface area (Å²) in [5.41, 5.74) is 6.40. The van der Waals surface area contributed by atoms with Gasteiger partial charge in [-0.05, 0) is 16.8 Å². The molecule has 0 radical (unpaired) electrons. The van der Waals surface area contributed by atoms with Crippen LogP contribution in [0.15, 0.2) is 35.8 Å². The lowest BCUT2D eigenvalue weighted by molar-refractivity contribution is 0.281. The van der Waals surface area contributed by atoms with Crippen molar-refractivity contribution in [3.63, 3.8) is 0 Å². The first-order chi connectivity index (χ1) is 9.24. The predicted molar refractivity (Wildman–Crippen MR) is 72.6 cm³/mol. The summed E-state index contributed by atoms with van der Waals surface area (Å²) in [6.07, 6.45) is 1.00. The molecule has 0 saturated heterocycles. The largest absolute Gasteiger partial charge is 0.458 e. The van der Waals surface area contributed by atoms with E-state index in [1.165, 1.54) is 5.39 Å². The maximum absolute atomic E-state index is 12.9. The Labute approximate surface area is 112 Å². The van der Waals surface area contributed by atoms with Gasteiger partial charge in [-0.2, -0.15) is 4.98 Å². The van der Waals surface area contributed by atoms with E-state index in [1.54, 1.807) is 11.3 Å². The number of nitrogens with two attached hydrogens (primary N) is 1. The van der Waals surface area contributed by atoms with Gasteiger partial charge in [-0.25, -0.2) is 9.37 Å². The summed E-state index contributed by atoms with van der Waals surface area (Å²) in [7, 11) is 0.